The monoisotopic (exact) mass is 453 g/mol. The van der Waals surface area contributed by atoms with Gasteiger partial charge in [-0.1, -0.05) is 41.6 Å². The zero-order valence-corrected chi connectivity index (χ0v) is 18.9. The van der Waals surface area contributed by atoms with Gasteiger partial charge in [-0.15, -0.1) is 16.4 Å². The van der Waals surface area contributed by atoms with Crippen molar-refractivity contribution in [2.45, 2.75) is 31.7 Å². The topological polar surface area (TPSA) is 74.8 Å². The Morgan fingerprint density at radius 3 is 2.74 bits per heavy atom. The average molecular weight is 454 g/mol. The van der Waals surface area contributed by atoms with Crippen molar-refractivity contribution in [1.82, 2.24) is 20.2 Å². The van der Waals surface area contributed by atoms with Crippen molar-refractivity contribution in [2.75, 3.05) is 4.90 Å². The lowest BCUT2D eigenvalue weighted by atomic mass is 10.1. The summed E-state index contributed by atoms with van der Waals surface area (Å²) in [6.07, 6.45) is 0. The Balaban J connectivity index is 1.49. The van der Waals surface area contributed by atoms with E-state index in [1.807, 2.05) is 37.4 Å². The molecule has 0 bridgehead atoms. The Hall–Kier alpha value is -3.04. The molecule has 6 nitrogen and oxygen atoms in total. The molecule has 2 heterocycles. The van der Waals surface area contributed by atoms with E-state index in [-0.39, 0.29) is 11.7 Å². The molecule has 0 saturated carbocycles. The number of thioether (sulfide) groups is 1. The normalized spacial score (nSPS) is 11.0. The second kappa shape index (κ2) is 8.99. The van der Waals surface area contributed by atoms with Crippen LogP contribution < -0.4 is 4.90 Å². The van der Waals surface area contributed by atoms with Crippen LogP contribution >= 0.6 is 23.1 Å². The summed E-state index contributed by atoms with van der Waals surface area (Å²) < 4.78 is 13.9. The van der Waals surface area contributed by atoms with E-state index in [4.69, 9.17) is 0 Å². The number of nitrogens with zero attached hydrogens (tertiary/aromatic N) is 4. The molecule has 4 rings (SSSR count). The summed E-state index contributed by atoms with van der Waals surface area (Å²) in [4.78, 5) is 23.0. The van der Waals surface area contributed by atoms with E-state index in [2.05, 4.69) is 20.2 Å². The van der Waals surface area contributed by atoms with Gasteiger partial charge in [-0.3, -0.25) is 14.8 Å². The van der Waals surface area contributed by atoms with E-state index in [0.717, 1.165) is 22.5 Å². The van der Waals surface area contributed by atoms with Crippen LogP contribution in [0.3, 0.4) is 0 Å². The molecule has 2 aromatic carbocycles. The standard InChI is InChI=1S/C22H20FN5OS2/c1-13-8-9-19(14(2)10-13)28(15(3)29)22-24-16(12-31-22)11-30-21-25-20(26-27-21)17-6-4-5-7-18(17)23/h4-10,12H,11H2,1-3H3,(H,25,26,27). The second-order valence-corrected chi connectivity index (χ2v) is 8.78. The minimum Gasteiger partial charge on any atom is -0.274 e. The molecule has 0 aliphatic heterocycles. The van der Waals surface area contributed by atoms with Gasteiger partial charge in [0.15, 0.2) is 11.0 Å². The Bertz CT molecular complexity index is 1240. The number of hydrogen-bond donors (Lipinski definition) is 1. The second-order valence-electron chi connectivity index (χ2n) is 7.00. The van der Waals surface area contributed by atoms with Crippen LogP contribution in [0, 0.1) is 19.7 Å². The molecular formula is C22H20FN5OS2. The Kier molecular flexibility index (Phi) is 6.15. The van der Waals surface area contributed by atoms with Crippen LogP contribution in [0.5, 0.6) is 0 Å². The highest BCUT2D eigenvalue weighted by Crippen LogP contribution is 2.33. The number of amides is 1. The molecule has 0 spiro atoms. The smallest absolute Gasteiger partial charge is 0.230 e. The fraction of sp³-hybridized carbons (Fsp3) is 0.182. The summed E-state index contributed by atoms with van der Waals surface area (Å²) in [6.45, 7) is 5.54. The molecular weight excluding hydrogens is 433 g/mol. The fourth-order valence-corrected chi connectivity index (χ4v) is 4.83. The van der Waals surface area contributed by atoms with Crippen LogP contribution in [0.4, 0.5) is 15.2 Å². The van der Waals surface area contributed by atoms with Gasteiger partial charge < -0.3 is 0 Å². The molecule has 1 N–H and O–H groups in total. The number of carbonyl (C=O) groups is 1. The molecule has 4 aromatic rings. The van der Waals surface area contributed by atoms with E-state index in [1.54, 1.807) is 23.1 Å². The zero-order chi connectivity index (χ0) is 22.0. The first kappa shape index (κ1) is 21.2. The minimum absolute atomic E-state index is 0.0935. The predicted octanol–water partition coefficient (Wildman–Crippen LogP) is 5.66. The van der Waals surface area contributed by atoms with E-state index < -0.39 is 0 Å². The zero-order valence-electron chi connectivity index (χ0n) is 17.2. The van der Waals surface area contributed by atoms with Gasteiger partial charge in [-0.05, 0) is 37.6 Å². The van der Waals surface area contributed by atoms with Crippen molar-refractivity contribution in [2.24, 2.45) is 0 Å². The molecule has 0 saturated heterocycles. The number of nitrogens with one attached hydrogen (secondary N) is 1. The molecule has 158 valence electrons. The van der Waals surface area contributed by atoms with Crippen molar-refractivity contribution >= 4 is 39.8 Å². The molecule has 31 heavy (non-hydrogen) atoms. The first-order valence-corrected chi connectivity index (χ1v) is 11.4. The van der Waals surface area contributed by atoms with Crippen molar-refractivity contribution < 1.29 is 9.18 Å². The van der Waals surface area contributed by atoms with Gasteiger partial charge in [0.05, 0.1) is 16.9 Å². The Morgan fingerprint density at radius 1 is 1.19 bits per heavy atom. The molecule has 1 amide bonds. The maximum Gasteiger partial charge on any atom is 0.230 e. The fourth-order valence-electron chi connectivity index (χ4n) is 3.15. The lowest BCUT2D eigenvalue weighted by molar-refractivity contribution is -0.115. The number of aromatic amines is 1. The summed E-state index contributed by atoms with van der Waals surface area (Å²) in [7, 11) is 0. The quantitative estimate of drug-likeness (QED) is 0.381. The van der Waals surface area contributed by atoms with Gasteiger partial charge in [0.2, 0.25) is 11.1 Å². The molecule has 0 aliphatic rings. The van der Waals surface area contributed by atoms with Gasteiger partial charge in [0.1, 0.15) is 5.82 Å². The number of aryl methyl sites for hydroxylation is 2. The lowest BCUT2D eigenvalue weighted by Gasteiger charge is -2.20. The first-order valence-electron chi connectivity index (χ1n) is 9.55. The maximum absolute atomic E-state index is 13.9. The van der Waals surface area contributed by atoms with Crippen LogP contribution in [0.2, 0.25) is 0 Å². The molecule has 0 aliphatic carbocycles. The number of halogens is 1. The van der Waals surface area contributed by atoms with Crippen LogP contribution in [-0.4, -0.2) is 26.1 Å². The van der Waals surface area contributed by atoms with Crippen molar-refractivity contribution in [3.8, 4) is 11.4 Å². The Labute approximate surface area is 187 Å². The highest BCUT2D eigenvalue weighted by molar-refractivity contribution is 7.98. The number of thiazole rings is 1. The number of benzene rings is 2. The molecule has 0 radical (unpaired) electrons. The van der Waals surface area contributed by atoms with Crippen molar-refractivity contribution in [3.63, 3.8) is 0 Å². The Morgan fingerprint density at radius 2 is 2.00 bits per heavy atom. The highest BCUT2D eigenvalue weighted by Gasteiger charge is 2.20. The third-order valence-electron chi connectivity index (χ3n) is 4.58. The number of hydrogen-bond acceptors (Lipinski definition) is 6. The van der Waals surface area contributed by atoms with Gasteiger partial charge in [-0.2, -0.15) is 0 Å². The highest BCUT2D eigenvalue weighted by atomic mass is 32.2. The SMILES string of the molecule is CC(=O)N(c1nc(CSc2n[nH]c(-c3ccccc3F)n2)cs1)c1ccc(C)cc1C. The number of anilines is 2. The summed E-state index contributed by atoms with van der Waals surface area (Å²) >= 11 is 2.81. The average Bonchev–Trinajstić information content (AvgIpc) is 3.38. The number of aromatic nitrogens is 4. The van der Waals surface area contributed by atoms with Gasteiger partial charge in [-0.25, -0.2) is 14.4 Å². The molecule has 0 atom stereocenters. The van der Waals surface area contributed by atoms with Gasteiger partial charge in [0, 0.05) is 18.1 Å². The minimum atomic E-state index is -0.352. The van der Waals surface area contributed by atoms with Crippen molar-refractivity contribution in [3.05, 3.63) is 70.5 Å². The summed E-state index contributed by atoms with van der Waals surface area (Å²) in [5.41, 5.74) is 4.18. The third-order valence-corrected chi connectivity index (χ3v) is 6.34. The predicted molar refractivity (Wildman–Crippen MR) is 122 cm³/mol. The first-order chi connectivity index (χ1) is 14.9. The van der Waals surface area contributed by atoms with Gasteiger partial charge >= 0.3 is 0 Å². The van der Waals surface area contributed by atoms with E-state index >= 15 is 0 Å². The number of carbonyl (C=O) groups excluding carboxylic acids is 1. The van der Waals surface area contributed by atoms with Gasteiger partial charge in [0.25, 0.3) is 0 Å². The lowest BCUT2D eigenvalue weighted by Crippen LogP contribution is -2.23. The van der Waals surface area contributed by atoms with Crippen LogP contribution in [0.1, 0.15) is 23.7 Å². The largest absolute Gasteiger partial charge is 0.274 e. The maximum atomic E-state index is 13.9. The molecule has 0 unspecified atom stereocenters. The van der Waals surface area contributed by atoms with E-state index in [9.17, 15) is 9.18 Å². The van der Waals surface area contributed by atoms with E-state index in [0.29, 0.717) is 27.4 Å². The summed E-state index contributed by atoms with van der Waals surface area (Å²) in [6, 6.07) is 12.4. The van der Waals surface area contributed by atoms with E-state index in [1.165, 1.54) is 36.1 Å². The number of H-pyrrole nitrogens is 1. The van der Waals surface area contributed by atoms with Crippen LogP contribution in [-0.2, 0) is 10.5 Å². The molecule has 9 heteroatoms. The summed E-state index contributed by atoms with van der Waals surface area (Å²) in [5, 5.41) is 9.99. The van der Waals surface area contributed by atoms with Crippen molar-refractivity contribution in [1.29, 1.82) is 0 Å². The van der Waals surface area contributed by atoms with Crippen LogP contribution in [0.25, 0.3) is 11.4 Å². The molecule has 2 aromatic heterocycles. The summed E-state index contributed by atoms with van der Waals surface area (Å²) in [5.74, 6) is 0.472. The number of rotatable bonds is 6. The van der Waals surface area contributed by atoms with Crippen LogP contribution in [0.15, 0.2) is 53.0 Å². The molecule has 0 fully saturated rings. The third kappa shape index (κ3) is 4.67.